The van der Waals surface area contributed by atoms with Crippen LogP contribution >= 0.6 is 0 Å². The van der Waals surface area contributed by atoms with Gasteiger partial charge in [-0.3, -0.25) is 4.79 Å². The van der Waals surface area contributed by atoms with Gasteiger partial charge in [-0.15, -0.1) is 0 Å². The van der Waals surface area contributed by atoms with Gasteiger partial charge in [-0.25, -0.2) is 54.2 Å². The Morgan fingerprint density at radius 3 is 1.54 bits per heavy atom. The number of aliphatic hydroxyl groups is 1. The Bertz CT molecular complexity index is 2240. The summed E-state index contributed by atoms with van der Waals surface area (Å²) in [6.45, 7) is 7.25. The molecular weight excluding hydrogens is 715 g/mol. The van der Waals surface area contributed by atoms with Crippen LogP contribution in [-0.4, -0.2) is 74.8 Å². The van der Waals surface area contributed by atoms with Gasteiger partial charge in [0, 0.05) is 47.8 Å². The van der Waals surface area contributed by atoms with Gasteiger partial charge in [0.1, 0.15) is 17.9 Å². The predicted octanol–water partition coefficient (Wildman–Crippen LogP) is 6.36. The Hall–Kier alpha value is -5.09. The van der Waals surface area contributed by atoms with Gasteiger partial charge in [-0.2, -0.15) is 0 Å². The second-order valence-electron chi connectivity index (χ2n) is 12.7. The number of hydrogen-bond donors (Lipinski definition) is 1. The number of hydrogen-bond acceptors (Lipinski definition) is 10. The topological polar surface area (TPSA) is 164 Å². The average Bonchev–Trinajstić information content (AvgIpc) is 3.08. The average molecular weight is 755 g/mol. The molecule has 1 N–H and O–H groups in total. The quantitative estimate of drug-likeness (QED) is 0.0924. The fourth-order valence-corrected chi connectivity index (χ4v) is 6.09. The van der Waals surface area contributed by atoms with Crippen molar-refractivity contribution in [1.29, 1.82) is 0 Å². The van der Waals surface area contributed by atoms with Gasteiger partial charge in [-0.05, 0) is 72.5 Å². The fourth-order valence-electron chi connectivity index (χ4n) is 5.34. The number of sulfonamides is 2. The van der Waals surface area contributed by atoms with E-state index in [4.69, 9.17) is 0 Å². The van der Waals surface area contributed by atoms with Crippen LogP contribution in [0.1, 0.15) is 68.0 Å². The smallest absolute Gasteiger partial charge is 0.239 e. The van der Waals surface area contributed by atoms with E-state index in [0.717, 1.165) is 27.4 Å². The largest absolute Gasteiger partial charge is 0.516 e. The minimum Gasteiger partial charge on any atom is -0.516 e. The van der Waals surface area contributed by atoms with Gasteiger partial charge in [0.15, 0.2) is 0 Å². The van der Waals surface area contributed by atoms with Crippen LogP contribution in [0.4, 0.5) is 20.7 Å². The molecule has 2 aromatic carbocycles. The third-order valence-electron chi connectivity index (χ3n) is 8.21. The minimum absolute atomic E-state index is 0.0430. The van der Waals surface area contributed by atoms with Crippen molar-refractivity contribution in [2.45, 2.75) is 45.4 Å². The van der Waals surface area contributed by atoms with Crippen LogP contribution in [0.3, 0.4) is 0 Å². The summed E-state index contributed by atoms with van der Waals surface area (Å²) in [6.07, 6.45) is 6.14. The van der Waals surface area contributed by atoms with Crippen molar-refractivity contribution in [3.8, 4) is 22.5 Å². The van der Waals surface area contributed by atoms with Crippen molar-refractivity contribution in [1.82, 2.24) is 19.9 Å². The van der Waals surface area contributed by atoms with Crippen LogP contribution in [0.2, 0.25) is 0 Å². The molecule has 0 aliphatic carbocycles. The van der Waals surface area contributed by atoms with Gasteiger partial charge in [-0.1, -0.05) is 27.7 Å². The molecule has 0 saturated carbocycles. The first-order chi connectivity index (χ1) is 24.3. The standard InChI is InChI=1S/C36H40F2N6O6S2/c1-21(2)31-29(33(23-9-13-26(37)14-10-23)41-35(39-31)43(5)51(7,47)48)19-25(20-46)28(17-18-45)30-32(22(3)4)40-36(44(6)52(8,49)50)42-34(30)24-11-15-27(38)16-12-24/h9-22,28,45H,1-8H3/b18-17?,25-19-. The van der Waals surface area contributed by atoms with Gasteiger partial charge >= 0.3 is 0 Å². The molecule has 2 heterocycles. The Kier molecular flexibility index (Phi) is 11.9. The monoisotopic (exact) mass is 754 g/mol. The number of rotatable bonds is 13. The SMILES string of the molecule is CC(C)c1nc(N(C)S(C)(=O)=O)nc(-c2ccc(F)cc2)c1/C=C(/C=O)C(C=CO)c1c(-c2ccc(F)cc2)nc(N(C)S(C)(=O)=O)nc1C(C)C. The number of nitrogens with zero attached hydrogens (tertiary/aromatic N) is 6. The minimum atomic E-state index is -3.83. The number of aromatic nitrogens is 4. The van der Waals surface area contributed by atoms with E-state index in [-0.39, 0.29) is 40.7 Å². The summed E-state index contributed by atoms with van der Waals surface area (Å²) in [7, 11) is -5.04. The van der Waals surface area contributed by atoms with Gasteiger partial charge in [0.05, 0.1) is 41.5 Å². The lowest BCUT2D eigenvalue weighted by Crippen LogP contribution is -2.28. The molecule has 52 heavy (non-hydrogen) atoms. The van der Waals surface area contributed by atoms with Crippen LogP contribution in [0.5, 0.6) is 0 Å². The number of anilines is 2. The van der Waals surface area contributed by atoms with Crippen molar-refractivity contribution in [3.63, 3.8) is 0 Å². The second-order valence-corrected chi connectivity index (χ2v) is 16.7. The summed E-state index contributed by atoms with van der Waals surface area (Å²) in [4.78, 5) is 31.6. The lowest BCUT2D eigenvalue weighted by atomic mass is 9.83. The summed E-state index contributed by atoms with van der Waals surface area (Å²) in [5, 5.41) is 10.2. The normalized spacial score (nSPS) is 13.2. The van der Waals surface area contributed by atoms with E-state index in [1.165, 1.54) is 74.8 Å². The molecular formula is C36H40F2N6O6S2. The lowest BCUT2D eigenvalue weighted by Gasteiger charge is -2.25. The van der Waals surface area contributed by atoms with E-state index in [1.807, 2.05) is 27.7 Å². The number of carbonyl (C=O) groups is 1. The molecule has 16 heteroatoms. The molecule has 0 bridgehead atoms. The van der Waals surface area contributed by atoms with E-state index in [0.29, 0.717) is 39.9 Å². The third kappa shape index (κ3) is 8.67. The molecule has 0 spiro atoms. The fraction of sp³-hybridized carbons (Fsp3) is 0.306. The molecule has 0 fully saturated rings. The molecule has 12 nitrogen and oxygen atoms in total. The van der Waals surface area contributed by atoms with E-state index in [9.17, 15) is 35.5 Å². The Labute approximate surface area is 302 Å². The maximum atomic E-state index is 14.1. The zero-order valence-electron chi connectivity index (χ0n) is 29.9. The van der Waals surface area contributed by atoms with Gasteiger partial charge in [0.2, 0.25) is 31.9 Å². The maximum absolute atomic E-state index is 14.1. The molecule has 4 aromatic rings. The van der Waals surface area contributed by atoms with Crippen LogP contribution < -0.4 is 8.61 Å². The Morgan fingerprint density at radius 1 is 0.712 bits per heavy atom. The highest BCUT2D eigenvalue weighted by Crippen LogP contribution is 2.41. The van der Waals surface area contributed by atoms with Crippen molar-refractivity contribution in [2.75, 3.05) is 35.2 Å². The molecule has 0 amide bonds. The van der Waals surface area contributed by atoms with Crippen molar-refractivity contribution >= 4 is 44.3 Å². The predicted molar refractivity (Wildman–Crippen MR) is 198 cm³/mol. The number of aliphatic hydroxyl groups excluding tert-OH is 1. The highest BCUT2D eigenvalue weighted by molar-refractivity contribution is 7.92. The van der Waals surface area contributed by atoms with E-state index in [1.54, 1.807) is 0 Å². The molecule has 0 radical (unpaired) electrons. The van der Waals surface area contributed by atoms with Crippen molar-refractivity contribution in [3.05, 3.63) is 101 Å². The van der Waals surface area contributed by atoms with Crippen LogP contribution in [0.15, 0.2) is 66.4 Å². The Morgan fingerprint density at radius 2 is 1.13 bits per heavy atom. The molecule has 2 aromatic heterocycles. The molecule has 1 atom stereocenters. The van der Waals surface area contributed by atoms with Gasteiger partial charge < -0.3 is 5.11 Å². The maximum Gasteiger partial charge on any atom is 0.239 e. The highest BCUT2D eigenvalue weighted by atomic mass is 32.2. The highest BCUT2D eigenvalue weighted by Gasteiger charge is 2.30. The van der Waals surface area contributed by atoms with E-state index < -0.39 is 37.6 Å². The lowest BCUT2D eigenvalue weighted by molar-refractivity contribution is -0.105. The molecule has 0 saturated heterocycles. The molecule has 0 aliphatic rings. The zero-order chi connectivity index (χ0) is 38.7. The number of aldehydes is 1. The molecule has 4 rings (SSSR count). The van der Waals surface area contributed by atoms with E-state index in [2.05, 4.69) is 19.9 Å². The summed E-state index contributed by atoms with van der Waals surface area (Å²) >= 11 is 0. The summed E-state index contributed by atoms with van der Waals surface area (Å²) in [5.41, 5.74) is 2.50. The second kappa shape index (κ2) is 15.7. The summed E-state index contributed by atoms with van der Waals surface area (Å²) in [5.74, 6) is -3.20. The Balaban J connectivity index is 2.16. The third-order valence-corrected chi connectivity index (χ3v) is 10.5. The van der Waals surface area contributed by atoms with Crippen molar-refractivity contribution in [2.24, 2.45) is 0 Å². The number of allylic oxidation sites excluding steroid dienone is 2. The zero-order valence-corrected chi connectivity index (χ0v) is 31.5. The number of benzene rings is 2. The molecule has 0 aliphatic heterocycles. The van der Waals surface area contributed by atoms with Crippen LogP contribution in [-0.2, 0) is 24.8 Å². The van der Waals surface area contributed by atoms with Gasteiger partial charge in [0.25, 0.3) is 0 Å². The van der Waals surface area contributed by atoms with Crippen LogP contribution in [0, 0.1) is 11.6 Å². The first-order valence-corrected chi connectivity index (χ1v) is 19.7. The first-order valence-electron chi connectivity index (χ1n) is 16.0. The summed E-state index contributed by atoms with van der Waals surface area (Å²) < 4.78 is 80.3. The molecule has 276 valence electrons. The molecule has 1 unspecified atom stereocenters. The summed E-state index contributed by atoms with van der Waals surface area (Å²) in [6, 6.07) is 10.7. The van der Waals surface area contributed by atoms with E-state index >= 15 is 0 Å². The van der Waals surface area contributed by atoms with Crippen molar-refractivity contribution < 1.29 is 35.5 Å². The first kappa shape index (κ1) is 39.7. The van der Waals surface area contributed by atoms with Crippen LogP contribution in [0.25, 0.3) is 28.6 Å². The number of halogens is 2. The number of carbonyl (C=O) groups excluding carboxylic acids is 1.